The lowest BCUT2D eigenvalue weighted by Crippen LogP contribution is -2.52. The molecule has 140 valence electrons. The highest BCUT2D eigenvalue weighted by molar-refractivity contribution is 6.05. The zero-order chi connectivity index (χ0) is 18.5. The van der Waals surface area contributed by atoms with Gasteiger partial charge in [0.1, 0.15) is 6.04 Å². The summed E-state index contributed by atoms with van der Waals surface area (Å²) >= 11 is 0. The van der Waals surface area contributed by atoms with Gasteiger partial charge in [-0.25, -0.2) is 0 Å². The number of anilines is 1. The molecule has 3 amide bonds. The molecule has 0 bridgehead atoms. The Morgan fingerprint density at radius 1 is 1.04 bits per heavy atom. The van der Waals surface area contributed by atoms with Crippen LogP contribution in [0.25, 0.3) is 0 Å². The summed E-state index contributed by atoms with van der Waals surface area (Å²) in [6.45, 7) is 0.413. The van der Waals surface area contributed by atoms with Gasteiger partial charge in [-0.2, -0.15) is 0 Å². The van der Waals surface area contributed by atoms with Gasteiger partial charge in [-0.1, -0.05) is 38.5 Å². The number of rotatable bonds is 2. The van der Waals surface area contributed by atoms with Gasteiger partial charge in [-0.05, 0) is 30.2 Å². The summed E-state index contributed by atoms with van der Waals surface area (Å²) in [6.07, 6.45) is 9.67. The number of fused-ring (bicyclic) bond motifs is 1. The largest absolute Gasteiger partial charge is 0.388 e. The van der Waals surface area contributed by atoms with Crippen LogP contribution in [0.2, 0.25) is 0 Å². The lowest BCUT2D eigenvalue weighted by Gasteiger charge is -2.29. The number of carbonyl (C=O) groups excluding carboxylic acids is 3. The zero-order valence-electron chi connectivity index (χ0n) is 15.3. The summed E-state index contributed by atoms with van der Waals surface area (Å²) in [7, 11) is 1.82. The Morgan fingerprint density at radius 3 is 2.27 bits per heavy atom. The van der Waals surface area contributed by atoms with E-state index in [0.717, 1.165) is 11.3 Å². The third kappa shape index (κ3) is 4.06. The van der Waals surface area contributed by atoms with Crippen LogP contribution < -0.4 is 10.6 Å². The van der Waals surface area contributed by atoms with Crippen LogP contribution in [0.3, 0.4) is 0 Å². The van der Waals surface area contributed by atoms with E-state index in [1.54, 1.807) is 11.0 Å². The summed E-state index contributed by atoms with van der Waals surface area (Å²) < 4.78 is 0. The smallest absolute Gasteiger partial charge is 0.255 e. The van der Waals surface area contributed by atoms with E-state index in [9.17, 15) is 14.4 Å². The molecule has 1 unspecified atom stereocenters. The summed E-state index contributed by atoms with van der Waals surface area (Å²) in [4.78, 5) is 37.0. The van der Waals surface area contributed by atoms with Gasteiger partial charge in [0, 0.05) is 31.3 Å². The van der Waals surface area contributed by atoms with E-state index in [2.05, 4.69) is 10.6 Å². The molecule has 0 spiro atoms. The molecule has 2 N–H and O–H groups in total. The van der Waals surface area contributed by atoms with Gasteiger partial charge in [-0.3, -0.25) is 19.7 Å². The molecular formula is C20H27N3O3. The minimum Gasteiger partial charge on any atom is -0.388 e. The Labute approximate surface area is 154 Å². The summed E-state index contributed by atoms with van der Waals surface area (Å²) in [6, 6.07) is 4.98. The van der Waals surface area contributed by atoms with E-state index in [-0.39, 0.29) is 24.1 Å². The van der Waals surface area contributed by atoms with Gasteiger partial charge in [0.2, 0.25) is 11.8 Å². The van der Waals surface area contributed by atoms with Gasteiger partial charge in [0.25, 0.3) is 5.91 Å². The van der Waals surface area contributed by atoms with Crippen LogP contribution >= 0.6 is 0 Å². The highest BCUT2D eigenvalue weighted by atomic mass is 16.2. The number of hydrogen-bond donors (Lipinski definition) is 2. The zero-order valence-corrected chi connectivity index (χ0v) is 15.3. The van der Waals surface area contributed by atoms with Crippen molar-refractivity contribution in [2.75, 3.05) is 12.4 Å². The first-order valence-electron chi connectivity index (χ1n) is 9.55. The molecule has 0 radical (unpaired) electrons. The number of amides is 3. The first kappa shape index (κ1) is 18.4. The average Bonchev–Trinajstić information content (AvgIpc) is 2.99. The minimum absolute atomic E-state index is 0.142. The summed E-state index contributed by atoms with van der Waals surface area (Å²) in [5.41, 5.74) is 2.47. The van der Waals surface area contributed by atoms with Gasteiger partial charge in [-0.15, -0.1) is 0 Å². The SMILES string of the molecule is C1CCCCC1.CNc1ccc2c(c1)CN(C1CCC(=O)NC1=O)C2=O. The molecule has 1 aromatic rings. The van der Waals surface area contributed by atoms with Gasteiger partial charge >= 0.3 is 0 Å². The Morgan fingerprint density at radius 2 is 1.69 bits per heavy atom. The first-order valence-corrected chi connectivity index (χ1v) is 9.55. The van der Waals surface area contributed by atoms with Crippen LogP contribution in [0.15, 0.2) is 18.2 Å². The molecule has 0 aromatic heterocycles. The molecule has 1 saturated heterocycles. The van der Waals surface area contributed by atoms with Gasteiger partial charge in [0.15, 0.2) is 0 Å². The third-order valence-electron chi connectivity index (χ3n) is 5.31. The maximum absolute atomic E-state index is 12.4. The summed E-state index contributed by atoms with van der Waals surface area (Å²) in [5, 5.41) is 5.32. The van der Waals surface area contributed by atoms with E-state index in [4.69, 9.17) is 0 Å². The van der Waals surface area contributed by atoms with Crippen LogP contribution in [-0.4, -0.2) is 35.7 Å². The predicted octanol–water partition coefficient (Wildman–Crippen LogP) is 2.83. The van der Waals surface area contributed by atoms with Crippen LogP contribution in [0.5, 0.6) is 0 Å². The average molecular weight is 357 g/mol. The second kappa shape index (κ2) is 8.34. The second-order valence-electron chi connectivity index (χ2n) is 7.14. The Hall–Kier alpha value is -2.37. The molecule has 4 rings (SSSR count). The molecule has 2 fully saturated rings. The number of imide groups is 1. The number of nitrogens with zero attached hydrogens (tertiary/aromatic N) is 1. The van der Waals surface area contributed by atoms with Crippen molar-refractivity contribution in [2.45, 2.75) is 64.0 Å². The Kier molecular flexibility index (Phi) is 5.91. The normalized spacial score (nSPS) is 22.3. The van der Waals surface area contributed by atoms with E-state index in [0.29, 0.717) is 18.5 Å². The van der Waals surface area contributed by atoms with Gasteiger partial charge < -0.3 is 10.2 Å². The van der Waals surface area contributed by atoms with Crippen molar-refractivity contribution >= 4 is 23.4 Å². The van der Waals surface area contributed by atoms with Crippen LogP contribution in [0, 0.1) is 0 Å². The molecular weight excluding hydrogens is 330 g/mol. The van der Waals surface area contributed by atoms with Crippen molar-refractivity contribution in [2.24, 2.45) is 0 Å². The fourth-order valence-corrected chi connectivity index (χ4v) is 3.79. The van der Waals surface area contributed by atoms with Crippen molar-refractivity contribution < 1.29 is 14.4 Å². The summed E-state index contributed by atoms with van der Waals surface area (Å²) in [5.74, 6) is -0.790. The highest BCUT2D eigenvalue weighted by Crippen LogP contribution is 2.29. The molecule has 1 aliphatic carbocycles. The van der Waals surface area contributed by atoms with Gasteiger partial charge in [0.05, 0.1) is 0 Å². The van der Waals surface area contributed by atoms with Crippen molar-refractivity contribution in [3.05, 3.63) is 29.3 Å². The molecule has 1 saturated carbocycles. The van der Waals surface area contributed by atoms with Crippen LogP contribution in [-0.2, 0) is 16.1 Å². The van der Waals surface area contributed by atoms with E-state index >= 15 is 0 Å². The topological polar surface area (TPSA) is 78.5 Å². The second-order valence-corrected chi connectivity index (χ2v) is 7.14. The maximum atomic E-state index is 12.4. The van der Waals surface area contributed by atoms with Crippen LogP contribution in [0.4, 0.5) is 5.69 Å². The Bertz CT molecular complexity index is 686. The van der Waals surface area contributed by atoms with E-state index in [1.807, 2.05) is 19.2 Å². The maximum Gasteiger partial charge on any atom is 0.255 e. The van der Waals surface area contributed by atoms with Crippen molar-refractivity contribution in [3.63, 3.8) is 0 Å². The molecule has 26 heavy (non-hydrogen) atoms. The number of nitrogens with one attached hydrogen (secondary N) is 2. The minimum atomic E-state index is -0.550. The molecule has 1 atom stereocenters. The van der Waals surface area contributed by atoms with Crippen molar-refractivity contribution in [1.29, 1.82) is 0 Å². The number of benzene rings is 1. The fraction of sp³-hybridized carbons (Fsp3) is 0.550. The molecule has 2 heterocycles. The quantitative estimate of drug-likeness (QED) is 0.798. The fourth-order valence-electron chi connectivity index (χ4n) is 3.79. The van der Waals surface area contributed by atoms with Crippen molar-refractivity contribution in [3.8, 4) is 0 Å². The lowest BCUT2D eigenvalue weighted by atomic mass is 10.0. The monoisotopic (exact) mass is 357 g/mol. The molecule has 3 aliphatic rings. The molecule has 2 aliphatic heterocycles. The third-order valence-corrected chi connectivity index (χ3v) is 5.31. The molecule has 1 aromatic carbocycles. The van der Waals surface area contributed by atoms with E-state index in [1.165, 1.54) is 38.5 Å². The predicted molar refractivity (Wildman–Crippen MR) is 99.7 cm³/mol. The molecule has 6 nitrogen and oxygen atoms in total. The lowest BCUT2D eigenvalue weighted by molar-refractivity contribution is -0.136. The standard InChI is InChI=1S/C14H15N3O3.C6H12/c1-15-9-2-3-10-8(6-9)7-17(14(10)20)11-4-5-12(18)16-13(11)19;1-2-4-6-5-3-1/h2-3,6,11,15H,4-5,7H2,1H3,(H,16,18,19);1-6H2. The molecule has 6 heteroatoms. The van der Waals surface area contributed by atoms with Crippen LogP contribution in [0.1, 0.15) is 67.3 Å². The van der Waals surface area contributed by atoms with Crippen molar-refractivity contribution in [1.82, 2.24) is 10.2 Å². The highest BCUT2D eigenvalue weighted by Gasteiger charge is 2.38. The van der Waals surface area contributed by atoms with E-state index < -0.39 is 6.04 Å². The number of piperidine rings is 1. The number of hydrogen-bond acceptors (Lipinski definition) is 4. The Balaban J connectivity index is 0.000000278. The first-order chi connectivity index (χ1) is 12.6. The number of carbonyl (C=O) groups is 3.